The van der Waals surface area contributed by atoms with Crippen molar-refractivity contribution in [1.82, 2.24) is 4.57 Å². The Morgan fingerprint density at radius 2 is 2.06 bits per heavy atom. The van der Waals surface area contributed by atoms with Crippen LogP contribution in [0.4, 0.5) is 0 Å². The van der Waals surface area contributed by atoms with E-state index in [-0.39, 0.29) is 5.56 Å². The zero-order valence-electron chi connectivity index (χ0n) is 9.40. The molecule has 1 heterocycles. The molecule has 0 bridgehead atoms. The number of halogens is 1. The maximum atomic E-state index is 12.1. The highest BCUT2D eigenvalue weighted by atomic mass is 79.9. The van der Waals surface area contributed by atoms with Gasteiger partial charge in [0, 0.05) is 22.6 Å². The van der Waals surface area contributed by atoms with Crippen molar-refractivity contribution in [2.45, 2.75) is 20.4 Å². The van der Waals surface area contributed by atoms with Gasteiger partial charge in [0.25, 0.3) is 5.56 Å². The van der Waals surface area contributed by atoms with Gasteiger partial charge in [0.15, 0.2) is 0 Å². The van der Waals surface area contributed by atoms with Crippen LogP contribution in [0, 0.1) is 5.92 Å². The highest BCUT2D eigenvalue weighted by Crippen LogP contribution is 2.16. The van der Waals surface area contributed by atoms with E-state index in [2.05, 4.69) is 29.8 Å². The first-order valence-electron chi connectivity index (χ1n) is 5.36. The standard InChI is InChI=1S/C13H14BrNO/c1-9(2)8-15-6-5-10-7-11(14)3-4-12(10)13(15)16/h3-7,9H,8H2,1-2H3. The molecule has 0 spiro atoms. The molecule has 0 amide bonds. The summed E-state index contributed by atoms with van der Waals surface area (Å²) in [7, 11) is 0. The summed E-state index contributed by atoms with van der Waals surface area (Å²) >= 11 is 3.41. The van der Waals surface area contributed by atoms with Crippen molar-refractivity contribution in [1.29, 1.82) is 0 Å². The molecule has 84 valence electrons. The van der Waals surface area contributed by atoms with E-state index in [0.717, 1.165) is 21.8 Å². The Morgan fingerprint density at radius 1 is 1.31 bits per heavy atom. The highest BCUT2D eigenvalue weighted by Gasteiger charge is 2.04. The molecule has 2 nitrogen and oxygen atoms in total. The van der Waals surface area contributed by atoms with E-state index in [1.54, 1.807) is 4.57 Å². The minimum absolute atomic E-state index is 0.0960. The summed E-state index contributed by atoms with van der Waals surface area (Å²) in [4.78, 5) is 12.1. The fourth-order valence-electron chi connectivity index (χ4n) is 1.80. The van der Waals surface area contributed by atoms with Gasteiger partial charge >= 0.3 is 0 Å². The third-order valence-corrected chi connectivity index (χ3v) is 2.99. The Labute approximate surface area is 103 Å². The number of pyridine rings is 1. The first-order chi connectivity index (χ1) is 7.58. The molecule has 2 rings (SSSR count). The molecular weight excluding hydrogens is 266 g/mol. The van der Waals surface area contributed by atoms with Crippen LogP contribution in [0.15, 0.2) is 39.7 Å². The van der Waals surface area contributed by atoms with Crippen LogP contribution in [-0.4, -0.2) is 4.57 Å². The van der Waals surface area contributed by atoms with Gasteiger partial charge in [-0.15, -0.1) is 0 Å². The minimum Gasteiger partial charge on any atom is -0.315 e. The molecule has 2 aromatic rings. The lowest BCUT2D eigenvalue weighted by atomic mass is 10.1. The van der Waals surface area contributed by atoms with Crippen LogP contribution in [0.5, 0.6) is 0 Å². The van der Waals surface area contributed by atoms with Gasteiger partial charge in [-0.1, -0.05) is 29.8 Å². The van der Waals surface area contributed by atoms with Crippen molar-refractivity contribution in [2.24, 2.45) is 5.92 Å². The smallest absolute Gasteiger partial charge is 0.258 e. The summed E-state index contributed by atoms with van der Waals surface area (Å²) in [5, 5.41) is 1.77. The second kappa shape index (κ2) is 4.42. The third-order valence-electron chi connectivity index (χ3n) is 2.50. The fourth-order valence-corrected chi connectivity index (χ4v) is 2.17. The number of nitrogens with zero attached hydrogens (tertiary/aromatic N) is 1. The maximum absolute atomic E-state index is 12.1. The Bertz CT molecular complexity index is 572. The SMILES string of the molecule is CC(C)Cn1ccc2cc(Br)ccc2c1=O. The van der Waals surface area contributed by atoms with E-state index >= 15 is 0 Å². The largest absolute Gasteiger partial charge is 0.315 e. The highest BCUT2D eigenvalue weighted by molar-refractivity contribution is 9.10. The van der Waals surface area contributed by atoms with Crippen LogP contribution in [0.1, 0.15) is 13.8 Å². The zero-order chi connectivity index (χ0) is 11.7. The molecule has 0 N–H and O–H groups in total. The van der Waals surface area contributed by atoms with Gasteiger partial charge in [0.1, 0.15) is 0 Å². The van der Waals surface area contributed by atoms with Crippen LogP contribution >= 0.6 is 15.9 Å². The van der Waals surface area contributed by atoms with Crippen LogP contribution < -0.4 is 5.56 Å². The number of benzene rings is 1. The molecule has 0 atom stereocenters. The molecule has 0 aliphatic rings. The fraction of sp³-hybridized carbons (Fsp3) is 0.308. The molecule has 3 heteroatoms. The number of hydrogen-bond acceptors (Lipinski definition) is 1. The summed E-state index contributed by atoms with van der Waals surface area (Å²) < 4.78 is 2.78. The number of hydrogen-bond donors (Lipinski definition) is 0. The Morgan fingerprint density at radius 3 is 2.75 bits per heavy atom. The van der Waals surface area contributed by atoms with Crippen molar-refractivity contribution in [3.63, 3.8) is 0 Å². The molecule has 0 aliphatic heterocycles. The Hall–Kier alpha value is -1.09. The van der Waals surface area contributed by atoms with Gasteiger partial charge in [-0.3, -0.25) is 4.79 Å². The summed E-state index contributed by atoms with van der Waals surface area (Å²) in [5.74, 6) is 0.477. The molecule has 1 aromatic carbocycles. The zero-order valence-corrected chi connectivity index (χ0v) is 11.0. The molecular formula is C13H14BrNO. The maximum Gasteiger partial charge on any atom is 0.258 e. The van der Waals surface area contributed by atoms with Crippen molar-refractivity contribution in [2.75, 3.05) is 0 Å². The average Bonchev–Trinajstić information content (AvgIpc) is 2.22. The summed E-state index contributed by atoms with van der Waals surface area (Å²) in [6.45, 7) is 4.99. The van der Waals surface area contributed by atoms with Crippen molar-refractivity contribution >= 4 is 26.7 Å². The first-order valence-corrected chi connectivity index (χ1v) is 6.16. The van der Waals surface area contributed by atoms with Crippen molar-refractivity contribution in [3.8, 4) is 0 Å². The third kappa shape index (κ3) is 2.19. The van der Waals surface area contributed by atoms with Gasteiger partial charge in [-0.2, -0.15) is 0 Å². The van der Waals surface area contributed by atoms with Gasteiger partial charge in [-0.05, 0) is 35.6 Å². The average molecular weight is 280 g/mol. The lowest BCUT2D eigenvalue weighted by Crippen LogP contribution is -2.21. The normalized spacial score (nSPS) is 11.2. The molecule has 0 aliphatic carbocycles. The number of aromatic nitrogens is 1. The molecule has 0 radical (unpaired) electrons. The van der Waals surface area contributed by atoms with E-state index in [9.17, 15) is 4.79 Å². The lowest BCUT2D eigenvalue weighted by Gasteiger charge is -2.09. The molecule has 0 fully saturated rings. The molecule has 1 aromatic heterocycles. The van der Waals surface area contributed by atoms with Crippen LogP contribution in [0.3, 0.4) is 0 Å². The second-order valence-corrected chi connectivity index (χ2v) is 5.31. The predicted molar refractivity (Wildman–Crippen MR) is 70.7 cm³/mol. The predicted octanol–water partition coefficient (Wildman–Crippen LogP) is 3.42. The van der Waals surface area contributed by atoms with Gasteiger partial charge in [-0.25, -0.2) is 0 Å². The second-order valence-electron chi connectivity index (χ2n) is 4.40. The quantitative estimate of drug-likeness (QED) is 0.826. The number of rotatable bonds is 2. The van der Waals surface area contributed by atoms with E-state index < -0.39 is 0 Å². The molecule has 16 heavy (non-hydrogen) atoms. The molecule has 0 saturated carbocycles. The van der Waals surface area contributed by atoms with E-state index in [1.165, 1.54) is 0 Å². The van der Waals surface area contributed by atoms with Crippen LogP contribution in [-0.2, 0) is 6.54 Å². The van der Waals surface area contributed by atoms with Gasteiger partial charge in [0.05, 0.1) is 0 Å². The molecule has 0 saturated heterocycles. The lowest BCUT2D eigenvalue weighted by molar-refractivity contribution is 0.513. The van der Waals surface area contributed by atoms with E-state index in [4.69, 9.17) is 0 Å². The number of fused-ring (bicyclic) bond motifs is 1. The monoisotopic (exact) mass is 279 g/mol. The van der Waals surface area contributed by atoms with Crippen LogP contribution in [0.25, 0.3) is 10.8 Å². The van der Waals surface area contributed by atoms with Gasteiger partial charge < -0.3 is 4.57 Å². The van der Waals surface area contributed by atoms with E-state index in [1.807, 2.05) is 30.5 Å². The van der Waals surface area contributed by atoms with Crippen molar-refractivity contribution in [3.05, 3.63) is 45.3 Å². The van der Waals surface area contributed by atoms with Crippen LogP contribution in [0.2, 0.25) is 0 Å². The Kier molecular flexibility index (Phi) is 3.15. The topological polar surface area (TPSA) is 22.0 Å². The first kappa shape index (κ1) is 11.4. The summed E-state index contributed by atoms with van der Waals surface area (Å²) in [6, 6.07) is 7.74. The minimum atomic E-state index is 0.0960. The summed E-state index contributed by atoms with van der Waals surface area (Å²) in [6.07, 6.45) is 1.87. The van der Waals surface area contributed by atoms with Crippen molar-refractivity contribution < 1.29 is 0 Å². The van der Waals surface area contributed by atoms with E-state index in [0.29, 0.717) is 5.92 Å². The Balaban J connectivity index is 2.61. The van der Waals surface area contributed by atoms with Gasteiger partial charge in [0.2, 0.25) is 0 Å². The molecule has 0 unspecified atom stereocenters. The summed E-state index contributed by atoms with van der Waals surface area (Å²) in [5.41, 5.74) is 0.0960.